The van der Waals surface area contributed by atoms with Gasteiger partial charge in [0.05, 0.1) is 36.4 Å². The first-order valence-electron chi connectivity index (χ1n) is 14.5. The van der Waals surface area contributed by atoms with Gasteiger partial charge < -0.3 is 20.1 Å². The molecule has 0 aromatic heterocycles. The molecule has 42 heavy (non-hydrogen) atoms. The van der Waals surface area contributed by atoms with Gasteiger partial charge in [0.25, 0.3) is 0 Å². The summed E-state index contributed by atoms with van der Waals surface area (Å²) in [5.74, 6) is -2.15. The molecule has 3 aromatic carbocycles. The van der Waals surface area contributed by atoms with E-state index in [-0.39, 0.29) is 42.7 Å². The smallest absolute Gasteiger partial charge is 0.303 e. The van der Waals surface area contributed by atoms with Gasteiger partial charge in [-0.05, 0) is 53.9 Å². The summed E-state index contributed by atoms with van der Waals surface area (Å²) in [6.07, 6.45) is 4.78. The van der Waals surface area contributed by atoms with Gasteiger partial charge in [-0.3, -0.25) is 14.4 Å². The van der Waals surface area contributed by atoms with Crippen LogP contribution in [-0.4, -0.2) is 29.4 Å². The maximum atomic E-state index is 14.1. The van der Waals surface area contributed by atoms with Crippen LogP contribution in [0.3, 0.4) is 0 Å². The second-order valence-electron chi connectivity index (χ2n) is 10.8. The zero-order chi connectivity index (χ0) is 29.6. The van der Waals surface area contributed by atoms with Gasteiger partial charge in [-0.15, -0.1) is 0 Å². The van der Waals surface area contributed by atoms with E-state index in [1.54, 1.807) is 23.1 Å². The topological polar surface area (TPSA) is 95.9 Å². The number of ketones is 1. The molecule has 1 aliphatic heterocycles. The SMILES string of the molecule is CCCCCOc1ccc([C@H]2[C@H]3C(=O)C[C@H](c4ccc(F)cc4)C=C3Nc3ccccc3N2C(=O)CCC(=O)O)cc1. The summed E-state index contributed by atoms with van der Waals surface area (Å²) in [6.45, 7) is 2.74. The first kappa shape index (κ1) is 29.0. The Morgan fingerprint density at radius 3 is 2.40 bits per heavy atom. The second kappa shape index (κ2) is 13.0. The van der Waals surface area contributed by atoms with Gasteiger partial charge in [-0.2, -0.15) is 0 Å². The van der Waals surface area contributed by atoms with Crippen molar-refractivity contribution in [2.75, 3.05) is 16.8 Å². The van der Waals surface area contributed by atoms with Gasteiger partial charge in [-0.25, -0.2) is 4.39 Å². The third-order valence-corrected chi connectivity index (χ3v) is 7.88. The number of allylic oxidation sites excluding steroid dienone is 1. The number of unbranched alkanes of at least 4 members (excludes halogenated alkanes) is 2. The molecule has 1 amide bonds. The van der Waals surface area contributed by atoms with E-state index in [0.717, 1.165) is 30.4 Å². The first-order chi connectivity index (χ1) is 20.4. The molecule has 0 bridgehead atoms. The third kappa shape index (κ3) is 6.38. The summed E-state index contributed by atoms with van der Waals surface area (Å²) in [5.41, 5.74) is 3.43. The van der Waals surface area contributed by atoms with E-state index in [0.29, 0.717) is 29.4 Å². The Morgan fingerprint density at radius 2 is 1.69 bits per heavy atom. The van der Waals surface area contributed by atoms with Crippen LogP contribution in [0.5, 0.6) is 5.75 Å². The summed E-state index contributed by atoms with van der Waals surface area (Å²) in [5, 5.41) is 12.8. The minimum Gasteiger partial charge on any atom is -0.494 e. The van der Waals surface area contributed by atoms with Crippen molar-refractivity contribution in [1.82, 2.24) is 0 Å². The average molecular weight is 571 g/mol. The van der Waals surface area contributed by atoms with Gasteiger partial charge in [0.15, 0.2) is 0 Å². The summed E-state index contributed by atoms with van der Waals surface area (Å²) in [4.78, 5) is 40.9. The Balaban J connectivity index is 1.59. The molecule has 1 aliphatic carbocycles. The molecule has 3 aromatic rings. The van der Waals surface area contributed by atoms with Crippen LogP contribution in [0.2, 0.25) is 0 Å². The number of aliphatic carboxylic acids is 1. The quantitative estimate of drug-likeness (QED) is 0.255. The number of nitrogens with one attached hydrogen (secondary N) is 1. The van der Waals surface area contributed by atoms with E-state index in [1.165, 1.54) is 12.1 Å². The second-order valence-corrected chi connectivity index (χ2v) is 10.8. The molecule has 2 aliphatic rings. The fourth-order valence-corrected chi connectivity index (χ4v) is 5.80. The number of anilines is 2. The van der Waals surface area contributed by atoms with Crippen LogP contribution in [0.4, 0.5) is 15.8 Å². The lowest BCUT2D eigenvalue weighted by Gasteiger charge is -2.37. The number of carbonyl (C=O) groups is 3. The molecule has 0 saturated carbocycles. The molecule has 0 spiro atoms. The van der Waals surface area contributed by atoms with Crippen LogP contribution in [-0.2, 0) is 14.4 Å². The lowest BCUT2D eigenvalue weighted by molar-refractivity contribution is -0.138. The van der Waals surface area contributed by atoms with Crippen LogP contribution in [0.15, 0.2) is 84.6 Å². The van der Waals surface area contributed by atoms with E-state index in [2.05, 4.69) is 12.2 Å². The van der Waals surface area contributed by atoms with Crippen LogP contribution in [0.1, 0.15) is 68.5 Å². The number of carbonyl (C=O) groups excluding carboxylic acids is 2. The molecular formula is C34H35FN2O5. The molecule has 0 radical (unpaired) electrons. The van der Waals surface area contributed by atoms with Crippen molar-refractivity contribution in [2.24, 2.45) is 5.92 Å². The lowest BCUT2D eigenvalue weighted by Crippen LogP contribution is -2.42. The van der Waals surface area contributed by atoms with E-state index in [1.807, 2.05) is 48.5 Å². The molecular weight excluding hydrogens is 535 g/mol. The summed E-state index contributed by atoms with van der Waals surface area (Å²) in [7, 11) is 0. The predicted octanol–water partition coefficient (Wildman–Crippen LogP) is 7.02. The van der Waals surface area contributed by atoms with Gasteiger partial charge in [0.1, 0.15) is 17.3 Å². The molecule has 8 heteroatoms. The number of amides is 1. The molecule has 0 saturated heterocycles. The van der Waals surface area contributed by atoms with Gasteiger partial charge >= 0.3 is 5.97 Å². The van der Waals surface area contributed by atoms with E-state index in [9.17, 15) is 23.9 Å². The van der Waals surface area contributed by atoms with E-state index >= 15 is 0 Å². The molecule has 0 fully saturated rings. The minimum absolute atomic E-state index is 0.0666. The normalized spacial score (nSPS) is 19.6. The third-order valence-electron chi connectivity index (χ3n) is 7.88. The maximum Gasteiger partial charge on any atom is 0.303 e. The highest BCUT2D eigenvalue weighted by atomic mass is 19.1. The highest BCUT2D eigenvalue weighted by Crippen LogP contribution is 2.48. The Morgan fingerprint density at radius 1 is 0.976 bits per heavy atom. The minimum atomic E-state index is -1.07. The average Bonchev–Trinajstić information content (AvgIpc) is 3.13. The van der Waals surface area contributed by atoms with Crippen LogP contribution in [0.25, 0.3) is 0 Å². The lowest BCUT2D eigenvalue weighted by atomic mass is 9.76. The number of ether oxygens (including phenoxy) is 1. The molecule has 2 N–H and O–H groups in total. The molecule has 1 heterocycles. The number of para-hydroxylation sites is 2. The Labute approximate surface area is 245 Å². The monoisotopic (exact) mass is 570 g/mol. The highest BCUT2D eigenvalue weighted by molar-refractivity contribution is 6.02. The van der Waals surface area contributed by atoms with Crippen molar-refractivity contribution >= 4 is 29.0 Å². The Bertz CT molecular complexity index is 1470. The van der Waals surface area contributed by atoms with E-state index < -0.39 is 17.9 Å². The largest absolute Gasteiger partial charge is 0.494 e. The number of halogens is 1. The summed E-state index contributed by atoms with van der Waals surface area (Å²) < 4.78 is 19.5. The van der Waals surface area contributed by atoms with Gasteiger partial charge in [0.2, 0.25) is 5.91 Å². The number of hydrogen-bond acceptors (Lipinski definition) is 5. The summed E-state index contributed by atoms with van der Waals surface area (Å²) in [6, 6.07) is 20.2. The molecule has 3 atom stereocenters. The number of carboxylic acids is 1. The van der Waals surface area contributed by atoms with Crippen LogP contribution < -0.4 is 15.0 Å². The predicted molar refractivity (Wildman–Crippen MR) is 159 cm³/mol. The Kier molecular flexibility index (Phi) is 9.00. The zero-order valence-corrected chi connectivity index (χ0v) is 23.6. The van der Waals surface area contributed by atoms with Crippen molar-refractivity contribution in [2.45, 2.75) is 57.4 Å². The molecule has 5 rings (SSSR count). The summed E-state index contributed by atoms with van der Waals surface area (Å²) >= 11 is 0. The number of fused-ring (bicyclic) bond motifs is 2. The van der Waals surface area contributed by atoms with Crippen molar-refractivity contribution in [1.29, 1.82) is 0 Å². The van der Waals surface area contributed by atoms with Crippen molar-refractivity contribution in [3.63, 3.8) is 0 Å². The number of Topliss-reactive ketones (excluding diaryl/α,β-unsaturated/α-hetero) is 1. The zero-order valence-electron chi connectivity index (χ0n) is 23.6. The fraction of sp³-hybridized carbons (Fsp3) is 0.324. The first-order valence-corrected chi connectivity index (χ1v) is 14.5. The molecule has 218 valence electrons. The fourth-order valence-electron chi connectivity index (χ4n) is 5.80. The number of nitrogens with zero attached hydrogens (tertiary/aromatic N) is 1. The number of rotatable bonds is 10. The maximum absolute atomic E-state index is 14.1. The van der Waals surface area contributed by atoms with Crippen molar-refractivity contribution in [3.05, 3.63) is 102 Å². The van der Waals surface area contributed by atoms with Crippen molar-refractivity contribution in [3.8, 4) is 5.75 Å². The van der Waals surface area contributed by atoms with Gasteiger partial charge in [0, 0.05) is 24.5 Å². The van der Waals surface area contributed by atoms with Crippen LogP contribution >= 0.6 is 0 Å². The number of benzene rings is 3. The number of hydrogen-bond donors (Lipinski definition) is 2. The number of carboxylic acid groups (broad SMARTS) is 1. The van der Waals surface area contributed by atoms with Crippen LogP contribution in [0, 0.1) is 11.7 Å². The Hall–Kier alpha value is -4.46. The van der Waals surface area contributed by atoms with Gasteiger partial charge in [-0.1, -0.05) is 62.2 Å². The molecule has 0 unspecified atom stereocenters. The van der Waals surface area contributed by atoms with Crippen molar-refractivity contribution < 1.29 is 28.6 Å². The molecule has 7 nitrogen and oxygen atoms in total. The highest BCUT2D eigenvalue weighted by Gasteiger charge is 2.45. The standard InChI is InChI=1S/C34H35FN2O5/c1-2-3-6-19-42-26-15-11-23(12-16-26)34-33-28(20-24(21-30(33)38)22-9-13-25(35)14-10-22)36-27-7-4-5-8-29(27)37(34)31(39)17-18-32(40)41/h4-5,7-16,20,24,33-34,36H,2-3,6,17-19,21H2,1H3,(H,40,41)/t24-,33-,34+/m1/s1. The van der Waals surface area contributed by atoms with E-state index in [4.69, 9.17) is 4.74 Å².